The Labute approximate surface area is 128 Å². The van der Waals surface area contributed by atoms with Crippen LogP contribution in [-0.2, 0) is 19.9 Å². The molecule has 0 atom stereocenters. The number of sulfonamides is 1. The van der Waals surface area contributed by atoms with Crippen molar-refractivity contribution in [3.05, 3.63) is 0 Å². The number of nitrogens with one attached hydrogen (secondary N) is 1. The molecule has 0 aliphatic carbocycles. The van der Waals surface area contributed by atoms with Crippen molar-refractivity contribution < 1.29 is 16.8 Å². The maximum absolute atomic E-state index is 12.0. The van der Waals surface area contributed by atoms with Crippen molar-refractivity contribution in [1.82, 2.24) is 9.62 Å². The first kappa shape index (κ1) is 20.1. The highest BCUT2D eigenvalue weighted by molar-refractivity contribution is 7.93. The SMILES string of the molecule is CCNCC1CCN(S(=O)(=O)CCS(C)(=O)=O)CC1.Cl. The van der Waals surface area contributed by atoms with Crippen molar-refractivity contribution in [3.63, 3.8) is 0 Å². The maximum Gasteiger partial charge on any atom is 0.215 e. The van der Waals surface area contributed by atoms with Crippen LogP contribution in [0.15, 0.2) is 0 Å². The van der Waals surface area contributed by atoms with E-state index in [2.05, 4.69) is 5.32 Å². The third kappa shape index (κ3) is 7.21. The fourth-order valence-electron chi connectivity index (χ4n) is 2.13. The molecule has 0 aromatic rings. The smallest absolute Gasteiger partial charge is 0.215 e. The molecule has 0 spiro atoms. The highest BCUT2D eigenvalue weighted by Crippen LogP contribution is 2.19. The van der Waals surface area contributed by atoms with Crippen LogP contribution in [0.5, 0.6) is 0 Å². The van der Waals surface area contributed by atoms with Crippen molar-refractivity contribution in [1.29, 1.82) is 0 Å². The summed E-state index contributed by atoms with van der Waals surface area (Å²) in [5, 5.41) is 3.27. The minimum absolute atomic E-state index is 0. The van der Waals surface area contributed by atoms with E-state index in [9.17, 15) is 16.8 Å². The van der Waals surface area contributed by atoms with Gasteiger partial charge < -0.3 is 5.32 Å². The first-order valence-corrected chi connectivity index (χ1v) is 10.3. The fraction of sp³-hybridized carbons (Fsp3) is 1.00. The van der Waals surface area contributed by atoms with Gasteiger partial charge in [-0.2, -0.15) is 0 Å². The van der Waals surface area contributed by atoms with Gasteiger partial charge in [0.15, 0.2) is 0 Å². The molecule has 1 N–H and O–H groups in total. The Bertz CT molecular complexity index is 471. The highest BCUT2D eigenvalue weighted by atomic mass is 35.5. The van der Waals surface area contributed by atoms with Gasteiger partial charge >= 0.3 is 0 Å². The second kappa shape index (κ2) is 8.53. The number of sulfone groups is 1. The van der Waals surface area contributed by atoms with Gasteiger partial charge in [0.25, 0.3) is 0 Å². The molecule has 1 aliphatic heterocycles. The van der Waals surface area contributed by atoms with E-state index in [1.165, 1.54) is 4.31 Å². The van der Waals surface area contributed by atoms with Gasteiger partial charge in [0.05, 0.1) is 11.5 Å². The number of rotatable bonds is 7. The molecule has 1 heterocycles. The Morgan fingerprint density at radius 1 is 1.10 bits per heavy atom. The maximum atomic E-state index is 12.0. The van der Waals surface area contributed by atoms with Crippen LogP contribution in [0.1, 0.15) is 19.8 Å². The molecular weight excluding hydrogens is 324 g/mol. The van der Waals surface area contributed by atoms with Crippen molar-refractivity contribution in [2.45, 2.75) is 19.8 Å². The number of halogens is 1. The van der Waals surface area contributed by atoms with Crippen LogP contribution < -0.4 is 5.32 Å². The summed E-state index contributed by atoms with van der Waals surface area (Å²) in [6, 6.07) is 0. The molecule has 1 rings (SSSR count). The molecule has 0 saturated carbocycles. The summed E-state index contributed by atoms with van der Waals surface area (Å²) in [6.45, 7) is 4.90. The fourth-order valence-corrected chi connectivity index (χ4v) is 5.20. The molecule has 0 radical (unpaired) electrons. The summed E-state index contributed by atoms with van der Waals surface area (Å²) in [7, 11) is -6.66. The van der Waals surface area contributed by atoms with Crippen molar-refractivity contribution in [3.8, 4) is 0 Å². The lowest BCUT2D eigenvalue weighted by Crippen LogP contribution is -2.42. The second-order valence-electron chi connectivity index (χ2n) is 5.10. The zero-order valence-electron chi connectivity index (χ0n) is 12.0. The third-order valence-corrected chi connectivity index (χ3v) is 6.44. The van der Waals surface area contributed by atoms with E-state index < -0.39 is 19.9 Å². The van der Waals surface area contributed by atoms with Crippen LogP contribution in [0.3, 0.4) is 0 Å². The Kier molecular flexibility index (Phi) is 8.57. The number of hydrogen-bond acceptors (Lipinski definition) is 5. The average molecular weight is 349 g/mol. The quantitative estimate of drug-likeness (QED) is 0.705. The Hall–Kier alpha value is 0.110. The third-order valence-electron chi connectivity index (χ3n) is 3.36. The molecule has 0 aromatic heterocycles. The molecular formula is C11H25ClN2O4S2. The van der Waals surface area contributed by atoms with Crippen LogP contribution in [0.25, 0.3) is 0 Å². The number of piperidine rings is 1. The lowest BCUT2D eigenvalue weighted by atomic mass is 9.98. The standard InChI is InChI=1S/C11H24N2O4S2.ClH/c1-3-12-10-11-4-6-13(7-5-11)19(16,17)9-8-18(2,14)15;/h11-12H,3-10H2,1-2H3;1H. The Morgan fingerprint density at radius 2 is 1.65 bits per heavy atom. The number of nitrogens with zero attached hydrogens (tertiary/aromatic N) is 1. The van der Waals surface area contributed by atoms with E-state index in [-0.39, 0.29) is 23.9 Å². The highest BCUT2D eigenvalue weighted by Gasteiger charge is 2.28. The van der Waals surface area contributed by atoms with E-state index in [0.717, 1.165) is 32.2 Å². The van der Waals surface area contributed by atoms with E-state index >= 15 is 0 Å². The van der Waals surface area contributed by atoms with Crippen LogP contribution in [0, 0.1) is 5.92 Å². The molecule has 0 bridgehead atoms. The molecule has 6 nitrogen and oxygen atoms in total. The molecule has 20 heavy (non-hydrogen) atoms. The van der Waals surface area contributed by atoms with Crippen molar-refractivity contribution in [2.75, 3.05) is 43.9 Å². The Balaban J connectivity index is 0.00000361. The summed E-state index contributed by atoms with van der Waals surface area (Å²) >= 11 is 0. The Morgan fingerprint density at radius 3 is 2.10 bits per heavy atom. The lowest BCUT2D eigenvalue weighted by Gasteiger charge is -2.31. The van der Waals surface area contributed by atoms with E-state index in [1.54, 1.807) is 0 Å². The summed E-state index contributed by atoms with van der Waals surface area (Å²) < 4.78 is 47.5. The number of hydrogen-bond donors (Lipinski definition) is 1. The topological polar surface area (TPSA) is 83.6 Å². The van der Waals surface area contributed by atoms with Gasteiger partial charge in [-0.3, -0.25) is 0 Å². The summed E-state index contributed by atoms with van der Waals surface area (Å²) in [5.74, 6) is -0.0857. The molecule has 9 heteroatoms. The van der Waals surface area contributed by atoms with Crippen LogP contribution >= 0.6 is 12.4 Å². The van der Waals surface area contributed by atoms with Crippen LogP contribution in [-0.4, -0.2) is 65.1 Å². The molecule has 0 amide bonds. The van der Waals surface area contributed by atoms with Crippen molar-refractivity contribution >= 4 is 32.3 Å². The average Bonchev–Trinajstić information content (AvgIpc) is 2.34. The molecule has 0 aromatic carbocycles. The zero-order valence-corrected chi connectivity index (χ0v) is 14.5. The predicted octanol–water partition coefficient (Wildman–Crippen LogP) is 0.104. The summed E-state index contributed by atoms with van der Waals surface area (Å²) in [5.41, 5.74) is 0. The van der Waals surface area contributed by atoms with E-state index in [4.69, 9.17) is 0 Å². The molecule has 122 valence electrons. The lowest BCUT2D eigenvalue weighted by molar-refractivity contribution is 0.269. The van der Waals surface area contributed by atoms with E-state index in [0.29, 0.717) is 19.0 Å². The zero-order chi connectivity index (χ0) is 14.5. The molecule has 0 unspecified atom stereocenters. The largest absolute Gasteiger partial charge is 0.317 e. The van der Waals surface area contributed by atoms with Gasteiger partial charge in [-0.25, -0.2) is 21.1 Å². The van der Waals surface area contributed by atoms with Gasteiger partial charge in [-0.15, -0.1) is 12.4 Å². The van der Waals surface area contributed by atoms with Crippen LogP contribution in [0.4, 0.5) is 0 Å². The van der Waals surface area contributed by atoms with Gasteiger partial charge in [0.2, 0.25) is 10.0 Å². The summed E-state index contributed by atoms with van der Waals surface area (Å²) in [6.07, 6.45) is 2.74. The second-order valence-corrected chi connectivity index (χ2v) is 9.44. The minimum Gasteiger partial charge on any atom is -0.317 e. The summed E-state index contributed by atoms with van der Waals surface area (Å²) in [4.78, 5) is 0. The van der Waals surface area contributed by atoms with Gasteiger partial charge in [0.1, 0.15) is 9.84 Å². The molecule has 1 saturated heterocycles. The van der Waals surface area contributed by atoms with Gasteiger partial charge in [0, 0.05) is 19.3 Å². The molecule has 1 fully saturated rings. The normalized spacial score (nSPS) is 18.7. The minimum atomic E-state index is -3.43. The first-order valence-electron chi connectivity index (χ1n) is 6.61. The van der Waals surface area contributed by atoms with Gasteiger partial charge in [-0.1, -0.05) is 6.92 Å². The van der Waals surface area contributed by atoms with Gasteiger partial charge in [-0.05, 0) is 31.8 Å². The van der Waals surface area contributed by atoms with Crippen LogP contribution in [0.2, 0.25) is 0 Å². The predicted molar refractivity (Wildman–Crippen MR) is 83.6 cm³/mol. The molecule has 1 aliphatic rings. The van der Waals surface area contributed by atoms with Crippen molar-refractivity contribution in [2.24, 2.45) is 5.92 Å². The first-order chi connectivity index (χ1) is 8.74. The van der Waals surface area contributed by atoms with E-state index in [1.807, 2.05) is 6.92 Å². The monoisotopic (exact) mass is 348 g/mol.